The Labute approximate surface area is 132 Å². The van der Waals surface area contributed by atoms with Gasteiger partial charge in [-0.15, -0.1) is 0 Å². The average molecular weight is 330 g/mol. The molecule has 0 atom stereocenters. The predicted molar refractivity (Wildman–Crippen MR) is 85.1 cm³/mol. The van der Waals surface area contributed by atoms with Crippen LogP contribution in [0.25, 0.3) is 0 Å². The summed E-state index contributed by atoms with van der Waals surface area (Å²) in [6.07, 6.45) is 2.93. The monoisotopic (exact) mass is 330 g/mol. The number of hydrogen-bond acceptors (Lipinski definition) is 5. The molecule has 8 heteroatoms. The van der Waals surface area contributed by atoms with Gasteiger partial charge in [-0.2, -0.15) is 5.10 Å². The molecule has 0 amide bonds. The van der Waals surface area contributed by atoms with Gasteiger partial charge >= 0.3 is 0 Å². The molecule has 1 aliphatic rings. The molecule has 2 rings (SSSR count). The molecule has 1 aliphatic heterocycles. The highest BCUT2D eigenvalue weighted by Gasteiger charge is 2.24. The molecule has 126 valence electrons. The first kappa shape index (κ1) is 17.4. The Morgan fingerprint density at radius 3 is 2.50 bits per heavy atom. The van der Waals surface area contributed by atoms with Crippen molar-refractivity contribution in [1.82, 2.24) is 19.4 Å². The van der Waals surface area contributed by atoms with Crippen LogP contribution in [0.5, 0.6) is 0 Å². The Morgan fingerprint density at radius 2 is 1.95 bits per heavy atom. The second kappa shape index (κ2) is 7.08. The summed E-state index contributed by atoms with van der Waals surface area (Å²) >= 11 is 0. The minimum Gasteiger partial charge on any atom is -0.394 e. The van der Waals surface area contributed by atoms with Crippen molar-refractivity contribution < 1.29 is 13.5 Å². The van der Waals surface area contributed by atoms with E-state index in [4.69, 9.17) is 5.11 Å². The van der Waals surface area contributed by atoms with Crippen molar-refractivity contribution in [3.8, 4) is 0 Å². The number of aromatic nitrogens is 2. The molecule has 0 aliphatic carbocycles. The van der Waals surface area contributed by atoms with Gasteiger partial charge in [-0.3, -0.25) is 4.68 Å². The summed E-state index contributed by atoms with van der Waals surface area (Å²) in [5, 5.41) is 17.0. The fraction of sp³-hybridized carbons (Fsp3) is 0.786. The fourth-order valence-corrected chi connectivity index (χ4v) is 3.81. The molecule has 2 heterocycles. The van der Waals surface area contributed by atoms with Gasteiger partial charge in [0, 0.05) is 36.9 Å². The van der Waals surface area contributed by atoms with Crippen molar-refractivity contribution in [3.63, 3.8) is 0 Å². The fourth-order valence-electron chi connectivity index (χ4n) is 2.94. The van der Waals surface area contributed by atoms with Gasteiger partial charge in [-0.25, -0.2) is 12.7 Å². The van der Waals surface area contributed by atoms with Gasteiger partial charge in [0.05, 0.1) is 25.1 Å². The Morgan fingerprint density at radius 1 is 1.32 bits per heavy atom. The summed E-state index contributed by atoms with van der Waals surface area (Å²) in [7, 11) is -3.06. The molecule has 22 heavy (non-hydrogen) atoms. The smallest absolute Gasteiger partial charge is 0.211 e. The van der Waals surface area contributed by atoms with E-state index in [1.165, 1.54) is 11.8 Å². The van der Waals surface area contributed by atoms with E-state index in [0.717, 1.165) is 30.8 Å². The van der Waals surface area contributed by atoms with Crippen LogP contribution in [0.15, 0.2) is 0 Å². The van der Waals surface area contributed by atoms with E-state index in [0.29, 0.717) is 25.7 Å². The third kappa shape index (κ3) is 4.07. The number of aryl methyl sites for hydroxylation is 1. The van der Waals surface area contributed by atoms with Crippen LogP contribution in [-0.2, 0) is 23.1 Å². The van der Waals surface area contributed by atoms with Gasteiger partial charge < -0.3 is 10.4 Å². The number of aliphatic hydroxyl groups is 1. The van der Waals surface area contributed by atoms with E-state index in [2.05, 4.69) is 10.4 Å². The summed E-state index contributed by atoms with van der Waals surface area (Å²) in [5.41, 5.74) is 3.22. The normalized spacial score (nSPS) is 18.0. The maximum atomic E-state index is 11.5. The average Bonchev–Trinajstić information content (AvgIpc) is 2.71. The van der Waals surface area contributed by atoms with Gasteiger partial charge in [-0.05, 0) is 26.7 Å². The third-order valence-corrected chi connectivity index (χ3v) is 5.64. The number of sulfonamides is 1. The maximum absolute atomic E-state index is 11.5. The van der Waals surface area contributed by atoms with Crippen LogP contribution < -0.4 is 5.32 Å². The van der Waals surface area contributed by atoms with Crippen LogP contribution in [0.2, 0.25) is 0 Å². The van der Waals surface area contributed by atoms with Crippen LogP contribution in [0.4, 0.5) is 0 Å². The second-order valence-corrected chi connectivity index (χ2v) is 7.90. The molecule has 0 radical (unpaired) electrons. The maximum Gasteiger partial charge on any atom is 0.211 e. The molecule has 1 saturated heterocycles. The molecular formula is C14H26N4O3S. The summed E-state index contributed by atoms with van der Waals surface area (Å²) in [5.74, 6) is 0. The lowest BCUT2D eigenvalue weighted by Crippen LogP contribution is -2.44. The second-order valence-electron chi connectivity index (χ2n) is 5.91. The van der Waals surface area contributed by atoms with E-state index in [1.54, 1.807) is 4.31 Å². The van der Waals surface area contributed by atoms with Crippen molar-refractivity contribution in [2.24, 2.45) is 0 Å². The lowest BCUT2D eigenvalue weighted by Gasteiger charge is -2.30. The van der Waals surface area contributed by atoms with E-state index >= 15 is 0 Å². The van der Waals surface area contributed by atoms with Crippen molar-refractivity contribution in [1.29, 1.82) is 0 Å². The SMILES string of the molecule is Cc1nn(CCO)c(C)c1CNC1CCN(S(C)(=O)=O)CC1. The van der Waals surface area contributed by atoms with Gasteiger partial charge in [0.15, 0.2) is 0 Å². The zero-order chi connectivity index (χ0) is 16.3. The highest BCUT2D eigenvalue weighted by Crippen LogP contribution is 2.16. The van der Waals surface area contributed by atoms with Crippen LogP contribution in [0, 0.1) is 13.8 Å². The molecule has 0 aromatic carbocycles. The summed E-state index contributed by atoms with van der Waals surface area (Å²) in [6, 6.07) is 0.331. The number of rotatable bonds is 6. The first-order valence-electron chi connectivity index (χ1n) is 7.65. The van der Waals surface area contributed by atoms with E-state index in [9.17, 15) is 8.42 Å². The highest BCUT2D eigenvalue weighted by atomic mass is 32.2. The van der Waals surface area contributed by atoms with E-state index in [1.807, 2.05) is 18.5 Å². The van der Waals surface area contributed by atoms with Gasteiger partial charge in [0.2, 0.25) is 10.0 Å². The first-order chi connectivity index (χ1) is 10.3. The highest BCUT2D eigenvalue weighted by molar-refractivity contribution is 7.88. The minimum absolute atomic E-state index is 0.0821. The van der Waals surface area contributed by atoms with Crippen LogP contribution in [0.3, 0.4) is 0 Å². The van der Waals surface area contributed by atoms with Gasteiger partial charge in [-0.1, -0.05) is 0 Å². The van der Waals surface area contributed by atoms with Crippen molar-refractivity contribution in [3.05, 3.63) is 17.0 Å². The molecule has 1 fully saturated rings. The topological polar surface area (TPSA) is 87.5 Å². The van der Waals surface area contributed by atoms with Crippen LogP contribution in [-0.4, -0.2) is 59.6 Å². The zero-order valence-corrected chi connectivity index (χ0v) is 14.4. The van der Waals surface area contributed by atoms with Crippen molar-refractivity contribution in [2.45, 2.75) is 45.8 Å². The molecule has 1 aromatic rings. The van der Waals surface area contributed by atoms with Crippen LogP contribution >= 0.6 is 0 Å². The Balaban J connectivity index is 1.90. The molecule has 2 N–H and O–H groups in total. The largest absolute Gasteiger partial charge is 0.394 e. The Bertz CT molecular complexity index is 604. The van der Waals surface area contributed by atoms with Crippen molar-refractivity contribution >= 4 is 10.0 Å². The number of aliphatic hydroxyl groups excluding tert-OH is 1. The molecule has 0 bridgehead atoms. The molecule has 0 saturated carbocycles. The third-order valence-electron chi connectivity index (χ3n) is 4.33. The lowest BCUT2D eigenvalue weighted by molar-refractivity contribution is 0.267. The number of piperidine rings is 1. The predicted octanol–water partition coefficient (Wildman–Crippen LogP) is 0.00584. The summed E-state index contributed by atoms with van der Waals surface area (Å²) < 4.78 is 26.4. The zero-order valence-electron chi connectivity index (χ0n) is 13.5. The van der Waals surface area contributed by atoms with Gasteiger partial charge in [0.1, 0.15) is 0 Å². The lowest BCUT2D eigenvalue weighted by atomic mass is 10.1. The summed E-state index contributed by atoms with van der Waals surface area (Å²) in [6.45, 7) is 6.48. The van der Waals surface area contributed by atoms with Gasteiger partial charge in [0.25, 0.3) is 0 Å². The molecule has 1 aromatic heterocycles. The Kier molecular flexibility index (Phi) is 5.60. The first-order valence-corrected chi connectivity index (χ1v) is 9.50. The Hall–Kier alpha value is -0.960. The molecular weight excluding hydrogens is 304 g/mol. The minimum atomic E-state index is -3.06. The standard InChI is InChI=1S/C14H26N4O3S/c1-11-14(12(2)18(16-11)8-9-19)10-15-13-4-6-17(7-5-13)22(3,20)21/h13,15,19H,4-10H2,1-3H3. The summed E-state index contributed by atoms with van der Waals surface area (Å²) in [4.78, 5) is 0. The number of nitrogens with zero attached hydrogens (tertiary/aromatic N) is 3. The molecule has 0 spiro atoms. The van der Waals surface area contributed by atoms with E-state index < -0.39 is 10.0 Å². The van der Waals surface area contributed by atoms with Crippen molar-refractivity contribution in [2.75, 3.05) is 26.0 Å². The number of hydrogen-bond donors (Lipinski definition) is 2. The van der Waals surface area contributed by atoms with E-state index in [-0.39, 0.29) is 6.61 Å². The molecule has 7 nitrogen and oxygen atoms in total. The number of nitrogens with one attached hydrogen (secondary N) is 1. The quantitative estimate of drug-likeness (QED) is 0.767. The molecule has 0 unspecified atom stereocenters. The van der Waals surface area contributed by atoms with Crippen LogP contribution in [0.1, 0.15) is 29.8 Å².